The first kappa shape index (κ1) is 9.01. The number of ether oxygens (including phenoxy) is 1. The summed E-state index contributed by atoms with van der Waals surface area (Å²) >= 11 is 0. The van der Waals surface area contributed by atoms with E-state index >= 15 is 0 Å². The molecule has 1 aromatic heterocycles. The number of hydrogen-bond acceptors (Lipinski definition) is 2. The van der Waals surface area contributed by atoms with Crippen LogP contribution in [0.5, 0.6) is 5.88 Å². The molecule has 0 fully saturated rings. The molecule has 0 unspecified atom stereocenters. The lowest BCUT2D eigenvalue weighted by atomic mass is 10.7. The molecule has 1 aromatic rings. The molecule has 0 saturated carbocycles. The molecule has 0 spiro atoms. The highest BCUT2D eigenvalue weighted by Crippen LogP contribution is 1.99. The maximum absolute atomic E-state index is 5.03. The van der Waals surface area contributed by atoms with Crippen LogP contribution in [0.2, 0.25) is 0 Å². The van der Waals surface area contributed by atoms with E-state index in [4.69, 9.17) is 4.74 Å². The maximum Gasteiger partial charge on any atom is 0.208 e. The minimum atomic E-state index is 0.683. The molecule has 0 aliphatic rings. The Bertz CT molecular complexity index is 137. The maximum atomic E-state index is 5.03. The van der Waals surface area contributed by atoms with Crippen LogP contribution in [0.4, 0.5) is 0 Å². The zero-order valence-corrected chi connectivity index (χ0v) is 6.72. The topological polar surface area (TPSA) is 37.9 Å². The van der Waals surface area contributed by atoms with Crippen LogP contribution in [0.15, 0.2) is 12.3 Å². The summed E-state index contributed by atoms with van der Waals surface area (Å²) in [5.74, 6) is 0.729. The summed E-state index contributed by atoms with van der Waals surface area (Å²) in [6, 6.07) is 1.78. The highest BCUT2D eigenvalue weighted by atomic mass is 16.5. The van der Waals surface area contributed by atoms with Gasteiger partial charge >= 0.3 is 0 Å². The molecule has 58 valence electrons. The van der Waals surface area contributed by atoms with E-state index in [-0.39, 0.29) is 0 Å². The Morgan fingerprint density at radius 2 is 2.30 bits per heavy atom. The molecule has 0 atom stereocenters. The number of rotatable bonds is 2. The second-order valence-corrected chi connectivity index (χ2v) is 1.35. The standard InChI is InChI=1S/C5H8N2O.C2H6/c1-2-8-5-3-4-6-7-5;1-2/h3-4H,2H2,1H3,(H,6,7);1-2H3. The second-order valence-electron chi connectivity index (χ2n) is 1.35. The Morgan fingerprint density at radius 1 is 1.60 bits per heavy atom. The molecular weight excluding hydrogens is 128 g/mol. The Labute approximate surface area is 61.4 Å². The quantitative estimate of drug-likeness (QED) is 0.684. The highest BCUT2D eigenvalue weighted by Gasteiger charge is 1.86. The number of hydrogen-bond donors (Lipinski definition) is 1. The summed E-state index contributed by atoms with van der Waals surface area (Å²) < 4.78 is 5.03. The highest BCUT2D eigenvalue weighted by molar-refractivity contribution is 5.03. The summed E-state index contributed by atoms with van der Waals surface area (Å²) in [7, 11) is 0. The monoisotopic (exact) mass is 142 g/mol. The molecule has 1 rings (SSSR count). The molecule has 3 nitrogen and oxygen atoms in total. The lowest BCUT2D eigenvalue weighted by Crippen LogP contribution is -1.90. The van der Waals surface area contributed by atoms with Crippen molar-refractivity contribution in [3.8, 4) is 5.88 Å². The fourth-order valence-corrected chi connectivity index (χ4v) is 0.479. The fourth-order valence-electron chi connectivity index (χ4n) is 0.479. The van der Waals surface area contributed by atoms with Crippen molar-refractivity contribution >= 4 is 0 Å². The minimum Gasteiger partial charge on any atom is -0.478 e. The average Bonchev–Trinajstić information content (AvgIpc) is 2.46. The molecule has 0 aromatic carbocycles. The Morgan fingerprint density at radius 3 is 2.70 bits per heavy atom. The van der Waals surface area contributed by atoms with E-state index in [0.717, 1.165) is 5.88 Å². The predicted molar refractivity (Wildman–Crippen MR) is 41.1 cm³/mol. The summed E-state index contributed by atoms with van der Waals surface area (Å²) in [6.07, 6.45) is 1.66. The molecule has 1 heterocycles. The molecule has 10 heavy (non-hydrogen) atoms. The van der Waals surface area contributed by atoms with Crippen LogP contribution in [-0.4, -0.2) is 16.8 Å². The number of H-pyrrole nitrogens is 1. The number of aromatic amines is 1. The van der Waals surface area contributed by atoms with Gasteiger partial charge in [-0.3, -0.25) is 0 Å². The van der Waals surface area contributed by atoms with Crippen LogP contribution in [0.25, 0.3) is 0 Å². The van der Waals surface area contributed by atoms with Crippen LogP contribution in [0.3, 0.4) is 0 Å². The molecule has 0 radical (unpaired) electrons. The third-order valence-electron chi connectivity index (χ3n) is 0.775. The van der Waals surface area contributed by atoms with Crippen LogP contribution in [0.1, 0.15) is 20.8 Å². The molecule has 0 aliphatic carbocycles. The van der Waals surface area contributed by atoms with Gasteiger partial charge in [-0.1, -0.05) is 13.8 Å². The Balaban J connectivity index is 0.000000371. The van der Waals surface area contributed by atoms with Gasteiger partial charge in [0.1, 0.15) is 0 Å². The van der Waals surface area contributed by atoms with Crippen LogP contribution in [0, 0.1) is 0 Å². The summed E-state index contributed by atoms with van der Waals surface area (Å²) in [5, 5.41) is 6.36. The Kier molecular flexibility index (Phi) is 5.53. The van der Waals surface area contributed by atoms with E-state index in [0.29, 0.717) is 6.61 Å². The molecule has 0 saturated heterocycles. The van der Waals surface area contributed by atoms with Gasteiger partial charge in [0.2, 0.25) is 5.88 Å². The van der Waals surface area contributed by atoms with Gasteiger partial charge in [-0.15, -0.1) is 0 Å². The lowest BCUT2D eigenvalue weighted by molar-refractivity contribution is 0.326. The largest absolute Gasteiger partial charge is 0.478 e. The third-order valence-corrected chi connectivity index (χ3v) is 0.775. The lowest BCUT2D eigenvalue weighted by Gasteiger charge is -1.93. The van der Waals surface area contributed by atoms with Gasteiger partial charge in [-0.05, 0) is 6.92 Å². The van der Waals surface area contributed by atoms with Crippen LogP contribution < -0.4 is 4.74 Å². The van der Waals surface area contributed by atoms with E-state index in [1.54, 1.807) is 12.3 Å². The van der Waals surface area contributed by atoms with Gasteiger partial charge in [-0.2, -0.15) is 5.10 Å². The van der Waals surface area contributed by atoms with E-state index in [2.05, 4.69) is 10.2 Å². The van der Waals surface area contributed by atoms with Gasteiger partial charge in [-0.25, -0.2) is 5.10 Å². The second kappa shape index (κ2) is 6.13. The van der Waals surface area contributed by atoms with Crippen molar-refractivity contribution in [2.45, 2.75) is 20.8 Å². The molecule has 0 aliphatic heterocycles. The first-order chi connectivity index (χ1) is 4.93. The minimum absolute atomic E-state index is 0.683. The van der Waals surface area contributed by atoms with Crippen LogP contribution in [-0.2, 0) is 0 Å². The van der Waals surface area contributed by atoms with Gasteiger partial charge < -0.3 is 4.74 Å². The normalized spacial score (nSPS) is 7.90. The summed E-state index contributed by atoms with van der Waals surface area (Å²) in [4.78, 5) is 0. The van der Waals surface area contributed by atoms with Gasteiger partial charge in [0.15, 0.2) is 0 Å². The SMILES string of the molecule is CC.CCOc1ccn[nH]1. The van der Waals surface area contributed by atoms with Gasteiger partial charge in [0.25, 0.3) is 0 Å². The van der Waals surface area contributed by atoms with Gasteiger partial charge in [0.05, 0.1) is 12.8 Å². The van der Waals surface area contributed by atoms with Crippen LogP contribution >= 0.6 is 0 Å². The molecule has 1 N–H and O–H groups in total. The molecule has 3 heteroatoms. The van der Waals surface area contributed by atoms with Crippen molar-refractivity contribution in [3.05, 3.63) is 12.3 Å². The van der Waals surface area contributed by atoms with E-state index < -0.39 is 0 Å². The number of aromatic nitrogens is 2. The number of nitrogens with zero attached hydrogens (tertiary/aromatic N) is 1. The first-order valence-corrected chi connectivity index (χ1v) is 3.55. The van der Waals surface area contributed by atoms with E-state index in [1.165, 1.54) is 0 Å². The smallest absolute Gasteiger partial charge is 0.208 e. The van der Waals surface area contributed by atoms with Gasteiger partial charge in [0, 0.05) is 6.07 Å². The predicted octanol–water partition coefficient (Wildman–Crippen LogP) is 1.83. The Hall–Kier alpha value is -0.990. The zero-order chi connectivity index (χ0) is 7.82. The van der Waals surface area contributed by atoms with Crippen molar-refractivity contribution in [2.75, 3.05) is 6.61 Å². The van der Waals surface area contributed by atoms with Crippen molar-refractivity contribution in [1.82, 2.24) is 10.2 Å². The van der Waals surface area contributed by atoms with Crippen molar-refractivity contribution in [1.29, 1.82) is 0 Å². The van der Waals surface area contributed by atoms with Crippen molar-refractivity contribution in [3.63, 3.8) is 0 Å². The first-order valence-electron chi connectivity index (χ1n) is 3.55. The molecule has 0 bridgehead atoms. The zero-order valence-electron chi connectivity index (χ0n) is 6.72. The summed E-state index contributed by atoms with van der Waals surface area (Å²) in [5.41, 5.74) is 0. The fraction of sp³-hybridized carbons (Fsp3) is 0.571. The van der Waals surface area contributed by atoms with Crippen molar-refractivity contribution in [2.24, 2.45) is 0 Å². The van der Waals surface area contributed by atoms with Crippen molar-refractivity contribution < 1.29 is 4.74 Å². The average molecular weight is 142 g/mol. The number of nitrogens with one attached hydrogen (secondary N) is 1. The van der Waals surface area contributed by atoms with E-state index in [1.807, 2.05) is 20.8 Å². The molecule has 0 amide bonds. The summed E-state index contributed by atoms with van der Waals surface area (Å²) in [6.45, 7) is 6.61. The molecular formula is C7H14N2O. The third kappa shape index (κ3) is 3.12. The van der Waals surface area contributed by atoms with E-state index in [9.17, 15) is 0 Å².